The van der Waals surface area contributed by atoms with E-state index in [0.29, 0.717) is 0 Å². The van der Waals surface area contributed by atoms with Gasteiger partial charge in [0.15, 0.2) is 0 Å². The first-order valence-corrected chi connectivity index (χ1v) is 7.07. The van der Waals surface area contributed by atoms with Crippen LogP contribution in [-0.4, -0.2) is 36.1 Å². The van der Waals surface area contributed by atoms with E-state index in [9.17, 15) is 0 Å². The van der Waals surface area contributed by atoms with E-state index in [2.05, 4.69) is 44.9 Å². The molecule has 0 N–H and O–H groups in total. The average Bonchev–Trinajstić information content (AvgIpc) is 2.47. The maximum Gasteiger partial charge on any atom is 0.128 e. The van der Waals surface area contributed by atoms with Crippen molar-refractivity contribution in [2.75, 3.05) is 36.0 Å². The van der Waals surface area contributed by atoms with E-state index in [4.69, 9.17) is 0 Å². The molecule has 4 nitrogen and oxygen atoms in total. The molecule has 1 saturated heterocycles. The molecule has 1 aliphatic rings. The molecule has 3 heterocycles. The first-order valence-electron chi connectivity index (χ1n) is 7.07. The molecule has 0 radical (unpaired) electrons. The van der Waals surface area contributed by atoms with Gasteiger partial charge in [0.2, 0.25) is 0 Å². The van der Waals surface area contributed by atoms with Crippen LogP contribution < -0.4 is 9.80 Å². The second-order valence-electron chi connectivity index (χ2n) is 5.32. The number of piperazine rings is 1. The van der Waals surface area contributed by atoms with E-state index < -0.39 is 0 Å². The van der Waals surface area contributed by atoms with Gasteiger partial charge in [0.25, 0.3) is 0 Å². The minimum Gasteiger partial charge on any atom is -0.368 e. The quantitative estimate of drug-likeness (QED) is 0.837. The molecule has 2 aromatic rings. The number of hydrogen-bond donors (Lipinski definition) is 0. The largest absolute Gasteiger partial charge is 0.368 e. The standard InChI is InChI=1S/C16H20N4/c1-13-3-5-18-16(11-13)20-9-7-19(8-10-20)15-4-6-17-14(2)12-15/h3-6,11-12H,7-10H2,1-2H3. The van der Waals surface area contributed by atoms with Crippen LogP contribution in [0.15, 0.2) is 36.7 Å². The lowest BCUT2D eigenvalue weighted by Crippen LogP contribution is -2.46. The zero-order valence-corrected chi connectivity index (χ0v) is 12.1. The highest BCUT2D eigenvalue weighted by Crippen LogP contribution is 2.19. The van der Waals surface area contributed by atoms with Crippen LogP contribution in [0.2, 0.25) is 0 Å². The summed E-state index contributed by atoms with van der Waals surface area (Å²) in [6.07, 6.45) is 3.78. The Kier molecular flexibility index (Phi) is 3.54. The predicted octanol–water partition coefficient (Wildman–Crippen LogP) is 2.42. The highest BCUT2D eigenvalue weighted by Gasteiger charge is 2.18. The van der Waals surface area contributed by atoms with Crippen LogP contribution in [0.4, 0.5) is 11.5 Å². The molecule has 104 valence electrons. The van der Waals surface area contributed by atoms with Crippen LogP contribution in [0.1, 0.15) is 11.3 Å². The number of hydrogen-bond acceptors (Lipinski definition) is 4. The SMILES string of the molecule is Cc1ccnc(N2CCN(c3ccnc(C)c3)CC2)c1. The number of aromatic nitrogens is 2. The van der Waals surface area contributed by atoms with Crippen molar-refractivity contribution in [1.29, 1.82) is 0 Å². The second kappa shape index (κ2) is 5.49. The van der Waals surface area contributed by atoms with Crippen molar-refractivity contribution in [1.82, 2.24) is 9.97 Å². The third kappa shape index (κ3) is 2.74. The lowest BCUT2D eigenvalue weighted by molar-refractivity contribution is 0.647. The van der Waals surface area contributed by atoms with Crippen molar-refractivity contribution < 1.29 is 0 Å². The molecule has 3 rings (SSSR count). The summed E-state index contributed by atoms with van der Waals surface area (Å²) < 4.78 is 0. The van der Waals surface area contributed by atoms with Gasteiger partial charge in [0, 0.05) is 50.0 Å². The molecule has 1 fully saturated rings. The van der Waals surface area contributed by atoms with Gasteiger partial charge in [-0.3, -0.25) is 4.98 Å². The fraction of sp³-hybridized carbons (Fsp3) is 0.375. The first kappa shape index (κ1) is 12.9. The van der Waals surface area contributed by atoms with Crippen molar-refractivity contribution in [2.24, 2.45) is 0 Å². The van der Waals surface area contributed by atoms with Gasteiger partial charge in [-0.25, -0.2) is 4.98 Å². The summed E-state index contributed by atoms with van der Waals surface area (Å²) in [7, 11) is 0. The maximum absolute atomic E-state index is 4.47. The average molecular weight is 268 g/mol. The van der Waals surface area contributed by atoms with Crippen molar-refractivity contribution >= 4 is 11.5 Å². The maximum atomic E-state index is 4.47. The van der Waals surface area contributed by atoms with Gasteiger partial charge in [0.1, 0.15) is 5.82 Å². The Hall–Kier alpha value is -2.10. The van der Waals surface area contributed by atoms with Crippen LogP contribution in [0, 0.1) is 13.8 Å². The fourth-order valence-corrected chi connectivity index (χ4v) is 2.61. The highest BCUT2D eigenvalue weighted by molar-refractivity contribution is 5.49. The molecule has 0 amide bonds. The zero-order valence-electron chi connectivity index (χ0n) is 12.1. The third-order valence-electron chi connectivity index (χ3n) is 3.75. The van der Waals surface area contributed by atoms with Crippen molar-refractivity contribution in [3.8, 4) is 0 Å². The van der Waals surface area contributed by atoms with E-state index in [1.54, 1.807) is 0 Å². The molecule has 0 saturated carbocycles. The summed E-state index contributed by atoms with van der Waals surface area (Å²) in [5.74, 6) is 1.09. The van der Waals surface area contributed by atoms with Crippen LogP contribution in [0.5, 0.6) is 0 Å². The minimum absolute atomic E-state index is 1.01. The summed E-state index contributed by atoms with van der Waals surface area (Å²) in [6.45, 7) is 8.23. The van der Waals surface area contributed by atoms with Crippen molar-refractivity contribution in [3.63, 3.8) is 0 Å². The van der Waals surface area contributed by atoms with Gasteiger partial charge < -0.3 is 9.80 Å². The molecule has 1 aliphatic heterocycles. The molecule has 4 heteroatoms. The number of rotatable bonds is 2. The Morgan fingerprint density at radius 2 is 1.55 bits per heavy atom. The lowest BCUT2D eigenvalue weighted by Gasteiger charge is -2.36. The van der Waals surface area contributed by atoms with E-state index in [1.807, 2.05) is 25.4 Å². The molecule has 0 atom stereocenters. The molecular formula is C16H20N4. The molecule has 0 bridgehead atoms. The van der Waals surface area contributed by atoms with Gasteiger partial charge in [-0.05, 0) is 43.7 Å². The van der Waals surface area contributed by atoms with Gasteiger partial charge in [-0.1, -0.05) is 0 Å². The molecule has 20 heavy (non-hydrogen) atoms. The van der Waals surface area contributed by atoms with Crippen LogP contribution in [0.25, 0.3) is 0 Å². The Morgan fingerprint density at radius 3 is 2.25 bits per heavy atom. The summed E-state index contributed by atoms with van der Waals surface area (Å²) in [5, 5.41) is 0. The topological polar surface area (TPSA) is 32.3 Å². The van der Waals surface area contributed by atoms with Gasteiger partial charge >= 0.3 is 0 Å². The van der Waals surface area contributed by atoms with Crippen LogP contribution >= 0.6 is 0 Å². The van der Waals surface area contributed by atoms with Crippen molar-refractivity contribution in [2.45, 2.75) is 13.8 Å². The van der Waals surface area contributed by atoms with Gasteiger partial charge in [0.05, 0.1) is 0 Å². The van der Waals surface area contributed by atoms with Gasteiger partial charge in [-0.2, -0.15) is 0 Å². The normalized spacial score (nSPS) is 15.5. The first-order chi connectivity index (χ1) is 9.72. The molecule has 0 unspecified atom stereocenters. The Morgan fingerprint density at radius 1 is 0.850 bits per heavy atom. The molecule has 0 aromatic carbocycles. The summed E-state index contributed by atoms with van der Waals surface area (Å²) in [6, 6.07) is 8.44. The van der Waals surface area contributed by atoms with Crippen LogP contribution in [-0.2, 0) is 0 Å². The van der Waals surface area contributed by atoms with Gasteiger partial charge in [-0.15, -0.1) is 0 Å². The number of nitrogens with zero attached hydrogens (tertiary/aromatic N) is 4. The van der Waals surface area contributed by atoms with Crippen LogP contribution in [0.3, 0.4) is 0 Å². The zero-order chi connectivity index (χ0) is 13.9. The molecule has 0 aliphatic carbocycles. The van der Waals surface area contributed by atoms with Crippen molar-refractivity contribution in [3.05, 3.63) is 47.9 Å². The number of aryl methyl sites for hydroxylation is 2. The van der Waals surface area contributed by atoms with E-state index in [1.165, 1.54) is 11.3 Å². The van der Waals surface area contributed by atoms with E-state index in [0.717, 1.165) is 37.7 Å². The lowest BCUT2D eigenvalue weighted by atomic mass is 10.2. The smallest absolute Gasteiger partial charge is 0.128 e. The fourth-order valence-electron chi connectivity index (χ4n) is 2.61. The summed E-state index contributed by atoms with van der Waals surface area (Å²) in [5.41, 5.74) is 3.61. The monoisotopic (exact) mass is 268 g/mol. The summed E-state index contributed by atoms with van der Waals surface area (Å²) >= 11 is 0. The highest BCUT2D eigenvalue weighted by atomic mass is 15.3. The Labute approximate surface area is 120 Å². The summed E-state index contributed by atoms with van der Waals surface area (Å²) in [4.78, 5) is 13.5. The third-order valence-corrected chi connectivity index (χ3v) is 3.75. The molecule has 0 spiro atoms. The minimum atomic E-state index is 1.01. The van der Waals surface area contributed by atoms with E-state index in [-0.39, 0.29) is 0 Å². The number of anilines is 2. The Balaban J connectivity index is 1.68. The Bertz CT molecular complexity index is 535. The number of pyridine rings is 2. The molecule has 2 aromatic heterocycles. The predicted molar refractivity (Wildman–Crippen MR) is 82.4 cm³/mol. The molecular weight excluding hydrogens is 248 g/mol. The van der Waals surface area contributed by atoms with E-state index >= 15 is 0 Å². The second-order valence-corrected chi connectivity index (χ2v) is 5.32.